The molecule has 0 fully saturated rings. The van der Waals surface area contributed by atoms with Crippen molar-refractivity contribution in [2.45, 2.75) is 46.0 Å². The molecule has 0 saturated heterocycles. The van der Waals surface area contributed by atoms with E-state index in [9.17, 15) is 4.79 Å². The lowest BCUT2D eigenvalue weighted by atomic mass is 9.87. The molecule has 0 aliphatic rings. The first kappa shape index (κ1) is 18.0. The molecule has 0 spiro atoms. The zero-order valence-electron chi connectivity index (χ0n) is 15.0. The van der Waals surface area contributed by atoms with E-state index in [1.54, 1.807) is 12.4 Å². The third-order valence-electron chi connectivity index (χ3n) is 3.86. The van der Waals surface area contributed by atoms with Crippen molar-refractivity contribution in [1.29, 1.82) is 0 Å². The number of carbonyl (C=O) groups is 1. The van der Waals surface area contributed by atoms with Crippen molar-refractivity contribution >= 4 is 17.3 Å². The van der Waals surface area contributed by atoms with Crippen molar-refractivity contribution < 1.29 is 4.79 Å². The van der Waals surface area contributed by atoms with Gasteiger partial charge in [0, 0.05) is 18.4 Å². The van der Waals surface area contributed by atoms with Gasteiger partial charge in [0.15, 0.2) is 0 Å². The highest BCUT2D eigenvalue weighted by Gasteiger charge is 2.13. The summed E-state index contributed by atoms with van der Waals surface area (Å²) in [6.07, 6.45) is 5.36. The number of benzene rings is 1. The first-order valence-electron chi connectivity index (χ1n) is 8.51. The van der Waals surface area contributed by atoms with Crippen LogP contribution in [0.15, 0.2) is 42.7 Å². The minimum Gasteiger partial charge on any atom is -0.354 e. The summed E-state index contributed by atoms with van der Waals surface area (Å²) < 4.78 is 0. The number of aromatic nitrogens is 1. The van der Waals surface area contributed by atoms with Crippen LogP contribution in [0, 0.1) is 0 Å². The molecule has 0 unspecified atom stereocenters. The maximum Gasteiger partial charge on any atom is 0.252 e. The van der Waals surface area contributed by atoms with E-state index in [0.29, 0.717) is 12.1 Å². The SMILES string of the molecule is CCCCNC(=O)c1cncc(Nc2ccc(C(C)(C)C)cc2)c1. The number of nitrogens with zero attached hydrogens (tertiary/aromatic N) is 1. The van der Waals surface area contributed by atoms with Crippen LogP contribution < -0.4 is 10.6 Å². The summed E-state index contributed by atoms with van der Waals surface area (Å²) in [5.41, 5.74) is 3.78. The van der Waals surface area contributed by atoms with Gasteiger partial charge in [0.25, 0.3) is 5.91 Å². The molecule has 0 aliphatic heterocycles. The molecule has 2 N–H and O–H groups in total. The summed E-state index contributed by atoms with van der Waals surface area (Å²) in [7, 11) is 0. The maximum absolute atomic E-state index is 12.1. The molecule has 1 heterocycles. The number of rotatable bonds is 6. The third kappa shape index (κ3) is 5.08. The van der Waals surface area contributed by atoms with Gasteiger partial charge in [0.05, 0.1) is 17.4 Å². The zero-order chi connectivity index (χ0) is 17.6. The van der Waals surface area contributed by atoms with E-state index in [2.05, 4.69) is 67.6 Å². The summed E-state index contributed by atoms with van der Waals surface area (Å²) >= 11 is 0. The van der Waals surface area contributed by atoms with Crippen LogP contribution in [0.25, 0.3) is 0 Å². The normalized spacial score (nSPS) is 11.2. The summed E-state index contributed by atoms with van der Waals surface area (Å²) in [5.74, 6) is -0.0809. The zero-order valence-corrected chi connectivity index (χ0v) is 15.0. The lowest BCUT2D eigenvalue weighted by Gasteiger charge is -2.19. The van der Waals surface area contributed by atoms with Crippen LogP contribution in [-0.4, -0.2) is 17.4 Å². The average molecular weight is 325 g/mol. The number of anilines is 2. The number of hydrogen-bond donors (Lipinski definition) is 2. The smallest absolute Gasteiger partial charge is 0.252 e. The molecule has 1 aromatic carbocycles. The monoisotopic (exact) mass is 325 g/mol. The predicted octanol–water partition coefficient (Wildman–Crippen LogP) is 4.65. The first-order valence-corrected chi connectivity index (χ1v) is 8.51. The second-order valence-electron chi connectivity index (χ2n) is 7.02. The third-order valence-corrected chi connectivity index (χ3v) is 3.86. The van der Waals surface area contributed by atoms with Gasteiger partial charge in [-0.3, -0.25) is 9.78 Å². The molecule has 24 heavy (non-hydrogen) atoms. The maximum atomic E-state index is 12.1. The first-order chi connectivity index (χ1) is 11.4. The highest BCUT2D eigenvalue weighted by atomic mass is 16.1. The second kappa shape index (κ2) is 7.95. The summed E-state index contributed by atoms with van der Waals surface area (Å²) in [6.45, 7) is 9.38. The minimum absolute atomic E-state index is 0.0809. The van der Waals surface area contributed by atoms with Gasteiger partial charge in [-0.25, -0.2) is 0 Å². The van der Waals surface area contributed by atoms with Crippen LogP contribution in [0.4, 0.5) is 11.4 Å². The summed E-state index contributed by atoms with van der Waals surface area (Å²) in [5, 5.41) is 6.21. The number of amides is 1. The Morgan fingerprint density at radius 3 is 2.42 bits per heavy atom. The molecule has 4 nitrogen and oxygen atoms in total. The van der Waals surface area contributed by atoms with E-state index in [-0.39, 0.29) is 11.3 Å². The fraction of sp³-hybridized carbons (Fsp3) is 0.400. The molecule has 2 rings (SSSR count). The lowest BCUT2D eigenvalue weighted by molar-refractivity contribution is 0.0953. The quantitative estimate of drug-likeness (QED) is 0.760. The Labute approximate surface area is 144 Å². The lowest BCUT2D eigenvalue weighted by Crippen LogP contribution is -2.24. The Hall–Kier alpha value is -2.36. The predicted molar refractivity (Wildman–Crippen MR) is 99.9 cm³/mol. The molecular weight excluding hydrogens is 298 g/mol. The van der Waals surface area contributed by atoms with E-state index < -0.39 is 0 Å². The van der Waals surface area contributed by atoms with Gasteiger partial charge >= 0.3 is 0 Å². The Morgan fingerprint density at radius 1 is 1.08 bits per heavy atom. The van der Waals surface area contributed by atoms with Gasteiger partial charge in [-0.05, 0) is 35.6 Å². The molecule has 0 aliphatic carbocycles. The summed E-state index contributed by atoms with van der Waals surface area (Å²) in [4.78, 5) is 16.3. The van der Waals surface area contributed by atoms with Gasteiger partial charge in [0.2, 0.25) is 0 Å². The number of carbonyl (C=O) groups excluding carboxylic acids is 1. The number of unbranched alkanes of at least 4 members (excludes halogenated alkanes) is 1. The molecule has 0 radical (unpaired) electrons. The van der Waals surface area contributed by atoms with Crippen LogP contribution in [0.5, 0.6) is 0 Å². The standard InChI is InChI=1S/C20H27N3O/c1-5-6-11-22-19(24)15-12-18(14-21-13-15)23-17-9-7-16(8-10-17)20(2,3)4/h7-10,12-14,23H,5-6,11H2,1-4H3,(H,22,24). The average Bonchev–Trinajstić information content (AvgIpc) is 2.55. The van der Waals surface area contributed by atoms with Gasteiger partial charge in [-0.2, -0.15) is 0 Å². The van der Waals surface area contributed by atoms with E-state index >= 15 is 0 Å². The van der Waals surface area contributed by atoms with Gasteiger partial charge < -0.3 is 10.6 Å². The van der Waals surface area contributed by atoms with E-state index in [4.69, 9.17) is 0 Å². The molecule has 0 saturated carbocycles. The van der Waals surface area contributed by atoms with E-state index in [0.717, 1.165) is 24.2 Å². The number of hydrogen-bond acceptors (Lipinski definition) is 3. The Balaban J connectivity index is 2.05. The van der Waals surface area contributed by atoms with Crippen molar-refractivity contribution in [1.82, 2.24) is 10.3 Å². The molecule has 128 valence electrons. The Morgan fingerprint density at radius 2 is 1.79 bits per heavy atom. The van der Waals surface area contributed by atoms with Crippen molar-refractivity contribution in [3.63, 3.8) is 0 Å². The topological polar surface area (TPSA) is 54.0 Å². The second-order valence-corrected chi connectivity index (χ2v) is 7.02. The largest absolute Gasteiger partial charge is 0.354 e. The molecule has 4 heteroatoms. The molecule has 1 aromatic heterocycles. The van der Waals surface area contributed by atoms with E-state index in [1.807, 2.05) is 6.07 Å². The van der Waals surface area contributed by atoms with Crippen molar-refractivity contribution in [2.24, 2.45) is 0 Å². The Bertz CT molecular complexity index is 672. The van der Waals surface area contributed by atoms with E-state index in [1.165, 1.54) is 5.56 Å². The number of nitrogens with one attached hydrogen (secondary N) is 2. The van der Waals surface area contributed by atoms with Crippen molar-refractivity contribution in [2.75, 3.05) is 11.9 Å². The van der Waals surface area contributed by atoms with Crippen LogP contribution in [0.2, 0.25) is 0 Å². The number of pyridine rings is 1. The Kier molecular flexibility index (Phi) is 5.96. The molecular formula is C20H27N3O. The highest BCUT2D eigenvalue weighted by Crippen LogP contribution is 2.24. The van der Waals surface area contributed by atoms with Crippen molar-refractivity contribution in [3.05, 3.63) is 53.9 Å². The fourth-order valence-electron chi connectivity index (χ4n) is 2.33. The molecule has 0 atom stereocenters. The van der Waals surface area contributed by atoms with Gasteiger partial charge in [-0.1, -0.05) is 46.2 Å². The summed E-state index contributed by atoms with van der Waals surface area (Å²) in [6, 6.07) is 10.2. The molecule has 2 aromatic rings. The van der Waals surface area contributed by atoms with Gasteiger partial charge in [-0.15, -0.1) is 0 Å². The molecule has 1 amide bonds. The van der Waals surface area contributed by atoms with Crippen molar-refractivity contribution in [3.8, 4) is 0 Å². The fourth-order valence-corrected chi connectivity index (χ4v) is 2.33. The van der Waals surface area contributed by atoms with Crippen LogP contribution in [-0.2, 0) is 5.41 Å². The van der Waals surface area contributed by atoms with Crippen LogP contribution in [0.1, 0.15) is 56.5 Å². The highest BCUT2D eigenvalue weighted by molar-refractivity contribution is 5.94. The minimum atomic E-state index is -0.0809. The van der Waals surface area contributed by atoms with Crippen LogP contribution >= 0.6 is 0 Å². The van der Waals surface area contributed by atoms with Gasteiger partial charge in [0.1, 0.15) is 0 Å². The van der Waals surface area contributed by atoms with Crippen LogP contribution in [0.3, 0.4) is 0 Å². The molecule has 0 bridgehead atoms.